The van der Waals surface area contributed by atoms with Gasteiger partial charge >= 0.3 is 6.18 Å². The summed E-state index contributed by atoms with van der Waals surface area (Å²) in [5.74, 6) is -1.41. The summed E-state index contributed by atoms with van der Waals surface area (Å²) in [4.78, 5) is 28.1. The highest BCUT2D eigenvalue weighted by Gasteiger charge is 2.28. The molecule has 1 N–H and O–H groups in total. The summed E-state index contributed by atoms with van der Waals surface area (Å²) in [6.07, 6.45) is -3.01. The Morgan fingerprint density at radius 3 is 2.65 bits per heavy atom. The van der Waals surface area contributed by atoms with Crippen molar-refractivity contribution < 1.29 is 22.8 Å². The molecule has 0 radical (unpaired) electrons. The van der Waals surface area contributed by atoms with Crippen molar-refractivity contribution in [3.8, 4) is 0 Å². The lowest BCUT2D eigenvalue weighted by atomic mass is 10.2. The fourth-order valence-corrected chi connectivity index (χ4v) is 1.71. The molecule has 0 unspecified atom stereocenters. The number of pyridine rings is 1. The largest absolute Gasteiger partial charge is 0.405 e. The van der Waals surface area contributed by atoms with E-state index in [9.17, 15) is 22.8 Å². The van der Waals surface area contributed by atoms with Gasteiger partial charge in [-0.15, -0.1) is 0 Å². The van der Waals surface area contributed by atoms with E-state index in [2.05, 4.69) is 20.9 Å². The summed E-state index contributed by atoms with van der Waals surface area (Å²) in [5.41, 5.74) is 0.221. The van der Waals surface area contributed by atoms with Crippen molar-refractivity contribution in [1.82, 2.24) is 15.2 Å². The van der Waals surface area contributed by atoms with Crippen molar-refractivity contribution in [2.24, 2.45) is 0 Å². The van der Waals surface area contributed by atoms with E-state index in [-0.39, 0.29) is 5.56 Å². The van der Waals surface area contributed by atoms with Gasteiger partial charge in [0.1, 0.15) is 11.1 Å². The Morgan fingerprint density at radius 1 is 1.45 bits per heavy atom. The highest BCUT2D eigenvalue weighted by Crippen LogP contribution is 2.14. The van der Waals surface area contributed by atoms with Gasteiger partial charge in [0.15, 0.2) is 0 Å². The van der Waals surface area contributed by atoms with Crippen LogP contribution in [0.15, 0.2) is 22.9 Å². The molecule has 0 saturated heterocycles. The zero-order valence-corrected chi connectivity index (χ0v) is 12.0. The van der Waals surface area contributed by atoms with Crippen molar-refractivity contribution in [2.75, 3.05) is 20.1 Å². The molecule has 0 aromatic carbocycles. The molecular formula is C11H11BrF3N3O2. The van der Waals surface area contributed by atoms with Gasteiger partial charge < -0.3 is 10.2 Å². The topological polar surface area (TPSA) is 62.3 Å². The van der Waals surface area contributed by atoms with Crippen LogP contribution in [-0.4, -0.2) is 48.0 Å². The third-order valence-corrected chi connectivity index (χ3v) is 2.83. The van der Waals surface area contributed by atoms with Crippen LogP contribution in [0.1, 0.15) is 10.4 Å². The van der Waals surface area contributed by atoms with E-state index in [4.69, 9.17) is 0 Å². The van der Waals surface area contributed by atoms with Crippen molar-refractivity contribution in [3.05, 3.63) is 28.5 Å². The molecule has 0 aliphatic carbocycles. The van der Waals surface area contributed by atoms with Gasteiger partial charge in [-0.25, -0.2) is 4.98 Å². The van der Waals surface area contributed by atoms with E-state index in [0.717, 1.165) is 4.90 Å². The van der Waals surface area contributed by atoms with Crippen molar-refractivity contribution in [2.45, 2.75) is 6.18 Å². The first-order chi connectivity index (χ1) is 9.20. The van der Waals surface area contributed by atoms with Crippen molar-refractivity contribution in [1.29, 1.82) is 0 Å². The number of nitrogens with one attached hydrogen (secondary N) is 1. The molecule has 0 saturated carbocycles. The van der Waals surface area contributed by atoms with Crippen LogP contribution in [0.5, 0.6) is 0 Å². The lowest BCUT2D eigenvalue weighted by molar-refractivity contribution is -0.138. The van der Waals surface area contributed by atoms with Gasteiger partial charge in [0.25, 0.3) is 5.91 Å². The predicted octanol–water partition coefficient (Wildman–Crippen LogP) is 1.59. The molecule has 5 nitrogen and oxygen atoms in total. The van der Waals surface area contributed by atoms with E-state index >= 15 is 0 Å². The molecular weight excluding hydrogens is 343 g/mol. The molecule has 1 heterocycles. The number of likely N-dealkylation sites (N-methyl/N-ethyl adjacent to an activating group) is 1. The highest BCUT2D eigenvalue weighted by molar-refractivity contribution is 9.10. The first-order valence-electron chi connectivity index (χ1n) is 5.40. The number of carbonyl (C=O) groups is 2. The second kappa shape index (κ2) is 6.69. The Bertz CT molecular complexity index is 508. The van der Waals surface area contributed by atoms with Crippen LogP contribution in [0.2, 0.25) is 0 Å². The Kier molecular flexibility index (Phi) is 5.49. The maximum absolute atomic E-state index is 12.0. The van der Waals surface area contributed by atoms with Crippen LogP contribution in [0.25, 0.3) is 0 Å². The average Bonchev–Trinajstić information content (AvgIpc) is 2.35. The third-order valence-electron chi connectivity index (χ3n) is 2.20. The molecule has 0 aliphatic heterocycles. The number of hydrogen-bond acceptors (Lipinski definition) is 3. The molecule has 0 aliphatic rings. The molecule has 0 spiro atoms. The normalized spacial score (nSPS) is 11.1. The number of carbonyl (C=O) groups excluding carboxylic acids is 2. The van der Waals surface area contributed by atoms with Gasteiger partial charge in [0.2, 0.25) is 5.91 Å². The quantitative estimate of drug-likeness (QED) is 0.836. The van der Waals surface area contributed by atoms with Gasteiger partial charge in [-0.05, 0) is 28.1 Å². The Balaban J connectivity index is 2.59. The van der Waals surface area contributed by atoms with Gasteiger partial charge in [-0.1, -0.05) is 0 Å². The van der Waals surface area contributed by atoms with Crippen LogP contribution in [0, 0.1) is 0 Å². The summed E-state index contributed by atoms with van der Waals surface area (Å²) in [7, 11) is 1.31. The van der Waals surface area contributed by atoms with E-state index < -0.39 is 31.1 Å². The summed E-state index contributed by atoms with van der Waals surface area (Å²) >= 11 is 3.08. The molecule has 0 bridgehead atoms. The SMILES string of the molecule is CN(CC(=O)NCC(F)(F)F)C(=O)c1cccnc1Br. The summed E-state index contributed by atoms with van der Waals surface area (Å²) in [6, 6.07) is 3.03. The van der Waals surface area contributed by atoms with Crippen LogP contribution in [0.3, 0.4) is 0 Å². The number of hydrogen-bond donors (Lipinski definition) is 1. The van der Waals surface area contributed by atoms with Crippen LogP contribution in [-0.2, 0) is 4.79 Å². The molecule has 1 rings (SSSR count). The van der Waals surface area contributed by atoms with E-state index in [1.54, 1.807) is 5.32 Å². The summed E-state index contributed by atoms with van der Waals surface area (Å²) in [6.45, 7) is -1.90. The van der Waals surface area contributed by atoms with E-state index in [0.29, 0.717) is 4.60 Å². The van der Waals surface area contributed by atoms with Crippen LogP contribution >= 0.6 is 15.9 Å². The molecule has 1 aromatic rings. The number of nitrogens with zero attached hydrogens (tertiary/aromatic N) is 2. The minimum absolute atomic E-state index is 0.221. The van der Waals surface area contributed by atoms with Gasteiger partial charge in [0, 0.05) is 13.2 Å². The van der Waals surface area contributed by atoms with Gasteiger partial charge in [-0.2, -0.15) is 13.2 Å². The number of alkyl halides is 3. The second-order valence-corrected chi connectivity index (χ2v) is 4.65. The summed E-state index contributed by atoms with van der Waals surface area (Å²) < 4.78 is 36.1. The smallest absolute Gasteiger partial charge is 0.345 e. The number of aromatic nitrogens is 1. The lowest BCUT2D eigenvalue weighted by Crippen LogP contribution is -2.41. The van der Waals surface area contributed by atoms with E-state index in [1.165, 1.54) is 25.4 Å². The zero-order chi connectivity index (χ0) is 15.3. The monoisotopic (exact) mass is 353 g/mol. The van der Waals surface area contributed by atoms with Crippen LogP contribution < -0.4 is 5.32 Å². The first-order valence-corrected chi connectivity index (χ1v) is 6.19. The molecule has 110 valence electrons. The molecule has 0 fully saturated rings. The van der Waals surface area contributed by atoms with E-state index in [1.807, 2.05) is 0 Å². The second-order valence-electron chi connectivity index (χ2n) is 3.89. The molecule has 0 atom stereocenters. The lowest BCUT2D eigenvalue weighted by Gasteiger charge is -2.17. The Hall–Kier alpha value is -1.64. The molecule has 9 heteroatoms. The molecule has 1 aromatic heterocycles. The fraction of sp³-hybridized carbons (Fsp3) is 0.364. The van der Waals surface area contributed by atoms with Gasteiger partial charge in [-0.3, -0.25) is 9.59 Å². The number of amides is 2. The van der Waals surface area contributed by atoms with Gasteiger partial charge in [0.05, 0.1) is 12.1 Å². The highest BCUT2D eigenvalue weighted by atomic mass is 79.9. The zero-order valence-electron chi connectivity index (χ0n) is 10.4. The van der Waals surface area contributed by atoms with Crippen molar-refractivity contribution >= 4 is 27.7 Å². The standard InChI is InChI=1S/C11H11BrF3N3O2/c1-18(5-8(19)17-6-11(13,14)15)10(20)7-3-2-4-16-9(7)12/h2-4H,5-6H2,1H3,(H,17,19). The minimum Gasteiger partial charge on any atom is -0.345 e. The number of halogens is 4. The Labute approximate surface area is 121 Å². The number of rotatable bonds is 4. The predicted molar refractivity (Wildman–Crippen MR) is 68.0 cm³/mol. The molecule has 2 amide bonds. The summed E-state index contributed by atoms with van der Waals surface area (Å²) in [5, 5.41) is 1.69. The maximum atomic E-state index is 12.0. The minimum atomic E-state index is -4.48. The molecule has 20 heavy (non-hydrogen) atoms. The fourth-order valence-electron chi connectivity index (χ4n) is 1.29. The Morgan fingerprint density at radius 2 is 2.10 bits per heavy atom. The maximum Gasteiger partial charge on any atom is 0.405 e. The van der Waals surface area contributed by atoms with Crippen molar-refractivity contribution in [3.63, 3.8) is 0 Å². The van der Waals surface area contributed by atoms with Crippen LogP contribution in [0.4, 0.5) is 13.2 Å². The first kappa shape index (κ1) is 16.4. The average molecular weight is 354 g/mol. The third kappa shape index (κ3) is 5.16.